The van der Waals surface area contributed by atoms with E-state index in [1.165, 1.54) is 6.07 Å². The molecule has 0 unspecified atom stereocenters. The fourth-order valence-electron chi connectivity index (χ4n) is 1.33. The zero-order chi connectivity index (χ0) is 10.4. The second-order valence-electron chi connectivity index (χ2n) is 3.39. The third-order valence-electron chi connectivity index (χ3n) is 2.38. The molecule has 1 aliphatic rings. The summed E-state index contributed by atoms with van der Waals surface area (Å²) in [5.41, 5.74) is -0.566. The van der Waals surface area contributed by atoms with Crippen LogP contribution in [0.5, 0.6) is 0 Å². The van der Waals surface area contributed by atoms with Crippen LogP contribution in [0.25, 0.3) is 0 Å². The standard InChI is InChI=1S/C10H7F3O/c1-2-9(5-6-9)7-3-4-8(14-7)10(11,12)13/h1,3-4H,5-6H2. The Morgan fingerprint density at radius 3 is 2.36 bits per heavy atom. The van der Waals surface area contributed by atoms with Crippen molar-refractivity contribution in [2.24, 2.45) is 0 Å². The minimum absolute atomic E-state index is 0.257. The molecule has 1 nitrogen and oxygen atoms in total. The van der Waals surface area contributed by atoms with Gasteiger partial charge in [0, 0.05) is 0 Å². The first kappa shape index (κ1) is 9.20. The van der Waals surface area contributed by atoms with Gasteiger partial charge < -0.3 is 4.42 Å². The average Bonchev–Trinajstić information content (AvgIpc) is 2.73. The van der Waals surface area contributed by atoms with Crippen molar-refractivity contribution in [3.8, 4) is 12.3 Å². The molecule has 0 radical (unpaired) electrons. The summed E-state index contributed by atoms with van der Waals surface area (Å²) < 4.78 is 41.2. The zero-order valence-electron chi connectivity index (χ0n) is 7.19. The van der Waals surface area contributed by atoms with Crippen LogP contribution in [-0.2, 0) is 11.6 Å². The van der Waals surface area contributed by atoms with Crippen LogP contribution in [0.1, 0.15) is 24.4 Å². The maximum Gasteiger partial charge on any atom is 0.449 e. The van der Waals surface area contributed by atoms with Gasteiger partial charge in [0.15, 0.2) is 0 Å². The molecule has 1 aliphatic carbocycles. The normalized spacial score (nSPS) is 19.0. The molecule has 0 atom stereocenters. The molecule has 1 heterocycles. The highest BCUT2D eigenvalue weighted by Gasteiger charge is 2.47. The van der Waals surface area contributed by atoms with E-state index in [9.17, 15) is 13.2 Å². The van der Waals surface area contributed by atoms with Gasteiger partial charge in [0.2, 0.25) is 5.76 Å². The molecule has 1 aromatic rings. The van der Waals surface area contributed by atoms with Gasteiger partial charge in [0.05, 0.1) is 5.41 Å². The maximum absolute atomic E-state index is 12.2. The zero-order valence-corrected chi connectivity index (χ0v) is 7.19. The molecule has 1 fully saturated rings. The van der Waals surface area contributed by atoms with Gasteiger partial charge in [-0.15, -0.1) is 6.42 Å². The summed E-state index contributed by atoms with van der Waals surface area (Å²) >= 11 is 0. The predicted molar refractivity (Wildman–Crippen MR) is 43.5 cm³/mol. The first-order valence-electron chi connectivity index (χ1n) is 4.13. The topological polar surface area (TPSA) is 13.1 Å². The van der Waals surface area contributed by atoms with Crippen LogP contribution in [0, 0.1) is 12.3 Å². The van der Waals surface area contributed by atoms with E-state index in [-0.39, 0.29) is 5.76 Å². The van der Waals surface area contributed by atoms with Crippen molar-refractivity contribution in [1.29, 1.82) is 0 Å². The molecular formula is C10H7F3O. The van der Waals surface area contributed by atoms with Crippen molar-refractivity contribution in [3.63, 3.8) is 0 Å². The second-order valence-corrected chi connectivity index (χ2v) is 3.39. The third-order valence-corrected chi connectivity index (χ3v) is 2.38. The summed E-state index contributed by atoms with van der Waals surface area (Å²) in [5.74, 6) is 1.75. The summed E-state index contributed by atoms with van der Waals surface area (Å²) in [5, 5.41) is 0. The highest BCUT2D eigenvalue weighted by molar-refractivity contribution is 5.35. The largest absolute Gasteiger partial charge is 0.455 e. The van der Waals surface area contributed by atoms with Gasteiger partial charge in [-0.25, -0.2) is 0 Å². The molecule has 74 valence electrons. The van der Waals surface area contributed by atoms with Crippen LogP contribution < -0.4 is 0 Å². The molecule has 1 aromatic heterocycles. The van der Waals surface area contributed by atoms with E-state index in [4.69, 9.17) is 10.8 Å². The lowest BCUT2D eigenvalue weighted by Crippen LogP contribution is -2.04. The van der Waals surface area contributed by atoms with E-state index >= 15 is 0 Å². The van der Waals surface area contributed by atoms with E-state index in [0.717, 1.165) is 6.07 Å². The van der Waals surface area contributed by atoms with Gasteiger partial charge in [0.1, 0.15) is 5.76 Å². The lowest BCUT2D eigenvalue weighted by Gasteiger charge is -2.04. The highest BCUT2D eigenvalue weighted by atomic mass is 19.4. The Bertz CT molecular complexity index is 390. The summed E-state index contributed by atoms with van der Waals surface area (Å²) in [6, 6.07) is 2.24. The Balaban J connectivity index is 2.32. The molecule has 0 aromatic carbocycles. The molecule has 0 aliphatic heterocycles. The van der Waals surface area contributed by atoms with Crippen molar-refractivity contribution in [1.82, 2.24) is 0 Å². The van der Waals surface area contributed by atoms with Crippen molar-refractivity contribution in [2.45, 2.75) is 24.4 Å². The van der Waals surface area contributed by atoms with E-state index < -0.39 is 17.4 Å². The van der Waals surface area contributed by atoms with Gasteiger partial charge in [-0.05, 0) is 25.0 Å². The molecule has 0 N–H and O–H groups in total. The minimum atomic E-state index is -4.43. The van der Waals surface area contributed by atoms with Gasteiger partial charge in [-0.2, -0.15) is 13.2 Å². The molecule has 0 bridgehead atoms. The first-order valence-corrected chi connectivity index (χ1v) is 4.13. The Kier molecular flexibility index (Phi) is 1.69. The third kappa shape index (κ3) is 1.29. The van der Waals surface area contributed by atoms with Gasteiger partial charge in [0.25, 0.3) is 0 Å². The molecule has 0 amide bonds. The van der Waals surface area contributed by atoms with E-state index in [0.29, 0.717) is 12.8 Å². The number of hydrogen-bond acceptors (Lipinski definition) is 1. The van der Waals surface area contributed by atoms with Gasteiger partial charge >= 0.3 is 6.18 Å². The molecule has 4 heteroatoms. The molecule has 14 heavy (non-hydrogen) atoms. The lowest BCUT2D eigenvalue weighted by atomic mass is 10.1. The van der Waals surface area contributed by atoms with Crippen LogP contribution in [0.2, 0.25) is 0 Å². The Morgan fingerprint density at radius 1 is 1.36 bits per heavy atom. The Labute approximate surface area is 78.9 Å². The molecule has 2 rings (SSSR count). The SMILES string of the molecule is C#CC1(c2ccc(C(F)(F)F)o2)CC1. The van der Waals surface area contributed by atoms with Crippen LogP contribution in [0.4, 0.5) is 13.2 Å². The van der Waals surface area contributed by atoms with Crippen molar-refractivity contribution >= 4 is 0 Å². The summed E-state index contributed by atoms with van der Waals surface area (Å²) in [7, 11) is 0. The number of furan rings is 1. The molecule has 0 saturated heterocycles. The van der Waals surface area contributed by atoms with Crippen LogP contribution in [-0.4, -0.2) is 0 Å². The van der Waals surface area contributed by atoms with E-state index in [1.54, 1.807) is 0 Å². The molecule has 0 spiro atoms. The number of alkyl halides is 3. The molecule has 1 saturated carbocycles. The fourth-order valence-corrected chi connectivity index (χ4v) is 1.33. The number of rotatable bonds is 1. The summed E-state index contributed by atoms with van der Waals surface area (Å²) in [6.45, 7) is 0. The summed E-state index contributed by atoms with van der Waals surface area (Å²) in [4.78, 5) is 0. The number of hydrogen-bond donors (Lipinski definition) is 0. The molecular weight excluding hydrogens is 193 g/mol. The fraction of sp³-hybridized carbons (Fsp3) is 0.400. The van der Waals surface area contributed by atoms with Gasteiger partial charge in [-0.3, -0.25) is 0 Å². The van der Waals surface area contributed by atoms with E-state index in [2.05, 4.69) is 5.92 Å². The van der Waals surface area contributed by atoms with Crippen LogP contribution in [0.3, 0.4) is 0 Å². The average molecular weight is 200 g/mol. The Morgan fingerprint density at radius 2 is 2.00 bits per heavy atom. The van der Waals surface area contributed by atoms with Crippen LogP contribution >= 0.6 is 0 Å². The quantitative estimate of drug-likeness (QED) is 0.635. The van der Waals surface area contributed by atoms with Crippen molar-refractivity contribution < 1.29 is 17.6 Å². The highest BCUT2D eigenvalue weighted by Crippen LogP contribution is 2.49. The smallest absolute Gasteiger partial charge is 0.449 e. The monoisotopic (exact) mass is 200 g/mol. The number of terminal acetylenes is 1. The minimum Gasteiger partial charge on any atom is -0.455 e. The second kappa shape index (κ2) is 2.57. The Hall–Kier alpha value is -1.37. The summed E-state index contributed by atoms with van der Waals surface area (Å²) in [6.07, 6.45) is 2.21. The first-order chi connectivity index (χ1) is 6.48. The van der Waals surface area contributed by atoms with Crippen molar-refractivity contribution in [2.75, 3.05) is 0 Å². The maximum atomic E-state index is 12.2. The van der Waals surface area contributed by atoms with Crippen molar-refractivity contribution in [3.05, 3.63) is 23.7 Å². The van der Waals surface area contributed by atoms with Crippen LogP contribution in [0.15, 0.2) is 16.5 Å². The van der Waals surface area contributed by atoms with E-state index in [1.807, 2.05) is 0 Å². The number of halogens is 3. The predicted octanol–water partition coefficient (Wildman–Crippen LogP) is 2.96. The lowest BCUT2D eigenvalue weighted by molar-refractivity contribution is -0.153. The van der Waals surface area contributed by atoms with Gasteiger partial charge in [-0.1, -0.05) is 5.92 Å².